The molecule has 1 aliphatic heterocycles. The molecule has 0 aromatic carbocycles. The second kappa shape index (κ2) is 7.36. The maximum absolute atomic E-state index is 12.0. The van der Waals surface area contributed by atoms with Gasteiger partial charge in [0.15, 0.2) is 0 Å². The minimum absolute atomic E-state index is 0.0435. The molecular weight excluding hydrogens is 232 g/mol. The fourth-order valence-corrected chi connectivity index (χ4v) is 2.35. The lowest BCUT2D eigenvalue weighted by atomic mass is 9.94. The van der Waals surface area contributed by atoms with Crippen LogP contribution in [0.1, 0.15) is 39.5 Å². The summed E-state index contributed by atoms with van der Waals surface area (Å²) in [5.74, 6) is -0.434. The monoisotopic (exact) mass is 256 g/mol. The molecule has 0 aliphatic carbocycles. The number of hydrogen-bond donors (Lipinski definition) is 2. The van der Waals surface area contributed by atoms with E-state index in [-0.39, 0.29) is 18.5 Å². The van der Waals surface area contributed by atoms with E-state index >= 15 is 0 Å². The molecule has 18 heavy (non-hydrogen) atoms. The zero-order chi connectivity index (χ0) is 13.5. The van der Waals surface area contributed by atoms with E-state index in [1.807, 2.05) is 13.8 Å². The highest BCUT2D eigenvalue weighted by atomic mass is 16.4. The van der Waals surface area contributed by atoms with Crippen molar-refractivity contribution in [2.45, 2.75) is 45.6 Å². The van der Waals surface area contributed by atoms with Crippen molar-refractivity contribution in [3.05, 3.63) is 0 Å². The first-order valence-electron chi connectivity index (χ1n) is 6.72. The molecule has 1 aliphatic rings. The van der Waals surface area contributed by atoms with Gasteiger partial charge in [-0.1, -0.05) is 0 Å². The van der Waals surface area contributed by atoms with Crippen molar-refractivity contribution >= 4 is 11.9 Å². The number of carbonyl (C=O) groups is 2. The van der Waals surface area contributed by atoms with Crippen LogP contribution in [0.2, 0.25) is 0 Å². The van der Waals surface area contributed by atoms with E-state index < -0.39 is 5.97 Å². The van der Waals surface area contributed by atoms with Gasteiger partial charge in [-0.3, -0.25) is 9.59 Å². The predicted molar refractivity (Wildman–Crippen MR) is 69.3 cm³/mol. The molecule has 5 nitrogen and oxygen atoms in total. The topological polar surface area (TPSA) is 69.6 Å². The summed E-state index contributed by atoms with van der Waals surface area (Å²) in [4.78, 5) is 24.2. The van der Waals surface area contributed by atoms with Crippen molar-refractivity contribution in [2.24, 2.45) is 5.92 Å². The molecular formula is C13H24N2O3. The molecule has 0 spiro atoms. The largest absolute Gasteiger partial charge is 0.480 e. The SMILES string of the molecule is CC(C)N(CC(=O)O)C(=O)CCC1CCCNC1. The Labute approximate surface area is 109 Å². The van der Waals surface area contributed by atoms with Crippen LogP contribution in [0, 0.1) is 5.92 Å². The van der Waals surface area contributed by atoms with Crippen molar-refractivity contribution in [3.8, 4) is 0 Å². The van der Waals surface area contributed by atoms with Gasteiger partial charge in [-0.25, -0.2) is 0 Å². The molecule has 0 aromatic rings. The smallest absolute Gasteiger partial charge is 0.323 e. The number of carboxylic acids is 1. The van der Waals surface area contributed by atoms with Gasteiger partial charge in [0.2, 0.25) is 5.91 Å². The van der Waals surface area contributed by atoms with Crippen LogP contribution in [0.5, 0.6) is 0 Å². The molecule has 1 atom stereocenters. The highest BCUT2D eigenvalue weighted by Crippen LogP contribution is 2.17. The van der Waals surface area contributed by atoms with E-state index in [9.17, 15) is 9.59 Å². The Morgan fingerprint density at radius 1 is 1.44 bits per heavy atom. The number of rotatable bonds is 6. The predicted octanol–water partition coefficient (Wildman–Crippen LogP) is 1.09. The zero-order valence-electron chi connectivity index (χ0n) is 11.3. The second-order valence-corrected chi connectivity index (χ2v) is 5.26. The summed E-state index contributed by atoms with van der Waals surface area (Å²) in [6, 6.07) is -0.0573. The Hall–Kier alpha value is -1.10. The molecule has 1 heterocycles. The number of carbonyl (C=O) groups excluding carboxylic acids is 1. The minimum Gasteiger partial charge on any atom is -0.480 e. The summed E-state index contributed by atoms with van der Waals surface area (Å²) in [5, 5.41) is 12.1. The zero-order valence-corrected chi connectivity index (χ0v) is 11.3. The Morgan fingerprint density at radius 3 is 2.67 bits per heavy atom. The molecule has 5 heteroatoms. The van der Waals surface area contributed by atoms with Crippen LogP contribution in [-0.2, 0) is 9.59 Å². The van der Waals surface area contributed by atoms with Crippen LogP contribution >= 0.6 is 0 Å². The van der Waals surface area contributed by atoms with Gasteiger partial charge in [-0.05, 0) is 52.1 Å². The van der Waals surface area contributed by atoms with Crippen molar-refractivity contribution in [3.63, 3.8) is 0 Å². The summed E-state index contributed by atoms with van der Waals surface area (Å²) in [7, 11) is 0. The molecule has 1 unspecified atom stereocenters. The van der Waals surface area contributed by atoms with Gasteiger partial charge in [0, 0.05) is 12.5 Å². The van der Waals surface area contributed by atoms with Gasteiger partial charge in [-0.15, -0.1) is 0 Å². The van der Waals surface area contributed by atoms with Crippen molar-refractivity contribution in [2.75, 3.05) is 19.6 Å². The molecule has 2 N–H and O–H groups in total. The number of nitrogens with zero attached hydrogens (tertiary/aromatic N) is 1. The van der Waals surface area contributed by atoms with E-state index in [0.29, 0.717) is 12.3 Å². The van der Waals surface area contributed by atoms with Gasteiger partial charge in [0.25, 0.3) is 0 Å². The van der Waals surface area contributed by atoms with E-state index in [2.05, 4.69) is 5.32 Å². The quantitative estimate of drug-likeness (QED) is 0.746. The van der Waals surface area contributed by atoms with Gasteiger partial charge in [0.1, 0.15) is 6.54 Å². The highest BCUT2D eigenvalue weighted by molar-refractivity contribution is 5.81. The van der Waals surface area contributed by atoms with Crippen LogP contribution in [0.3, 0.4) is 0 Å². The summed E-state index contributed by atoms with van der Waals surface area (Å²) < 4.78 is 0. The number of nitrogens with one attached hydrogen (secondary N) is 1. The van der Waals surface area contributed by atoms with Crippen molar-refractivity contribution in [1.29, 1.82) is 0 Å². The number of piperidine rings is 1. The average Bonchev–Trinajstić information content (AvgIpc) is 2.34. The van der Waals surface area contributed by atoms with Gasteiger partial charge in [-0.2, -0.15) is 0 Å². The van der Waals surface area contributed by atoms with Crippen molar-refractivity contribution in [1.82, 2.24) is 10.2 Å². The molecule has 0 bridgehead atoms. The van der Waals surface area contributed by atoms with Crippen LogP contribution in [0.4, 0.5) is 0 Å². The maximum Gasteiger partial charge on any atom is 0.323 e. The first kappa shape index (κ1) is 15.0. The molecule has 0 radical (unpaired) electrons. The van der Waals surface area contributed by atoms with Crippen LogP contribution in [0.25, 0.3) is 0 Å². The average molecular weight is 256 g/mol. The van der Waals surface area contributed by atoms with E-state index in [1.165, 1.54) is 17.7 Å². The van der Waals surface area contributed by atoms with Crippen molar-refractivity contribution < 1.29 is 14.7 Å². The van der Waals surface area contributed by atoms with Crippen LogP contribution in [-0.4, -0.2) is 47.6 Å². The maximum atomic E-state index is 12.0. The van der Waals surface area contributed by atoms with E-state index in [0.717, 1.165) is 19.5 Å². The van der Waals surface area contributed by atoms with Gasteiger partial charge in [0.05, 0.1) is 0 Å². The second-order valence-electron chi connectivity index (χ2n) is 5.26. The molecule has 0 saturated carbocycles. The summed E-state index contributed by atoms with van der Waals surface area (Å²) in [5.41, 5.74) is 0. The fraction of sp³-hybridized carbons (Fsp3) is 0.846. The number of aliphatic carboxylic acids is 1. The van der Waals surface area contributed by atoms with Gasteiger partial charge >= 0.3 is 5.97 Å². The summed E-state index contributed by atoms with van der Waals surface area (Å²) in [6.07, 6.45) is 3.65. The Bertz CT molecular complexity index is 286. The molecule has 1 saturated heterocycles. The normalized spacial score (nSPS) is 19.8. The lowest BCUT2D eigenvalue weighted by molar-refractivity contribution is -0.145. The molecule has 1 rings (SSSR count). The third-order valence-corrected chi connectivity index (χ3v) is 3.41. The first-order chi connectivity index (χ1) is 8.50. The Balaban J connectivity index is 2.38. The fourth-order valence-electron chi connectivity index (χ4n) is 2.35. The third-order valence-electron chi connectivity index (χ3n) is 3.41. The van der Waals surface area contributed by atoms with E-state index in [4.69, 9.17) is 5.11 Å². The third kappa shape index (κ3) is 5.04. The number of hydrogen-bond acceptors (Lipinski definition) is 3. The Kier molecular flexibility index (Phi) is 6.12. The lowest BCUT2D eigenvalue weighted by Crippen LogP contribution is -2.41. The minimum atomic E-state index is -0.948. The van der Waals surface area contributed by atoms with E-state index in [1.54, 1.807) is 0 Å². The highest BCUT2D eigenvalue weighted by Gasteiger charge is 2.21. The van der Waals surface area contributed by atoms with Gasteiger partial charge < -0.3 is 15.3 Å². The number of amides is 1. The molecule has 0 aromatic heterocycles. The first-order valence-corrected chi connectivity index (χ1v) is 6.72. The molecule has 1 fully saturated rings. The lowest BCUT2D eigenvalue weighted by Gasteiger charge is -2.27. The molecule has 1 amide bonds. The van der Waals surface area contributed by atoms with Crippen LogP contribution in [0.15, 0.2) is 0 Å². The Morgan fingerprint density at radius 2 is 2.17 bits per heavy atom. The molecule has 104 valence electrons. The standard InChI is InChI=1S/C13H24N2O3/c1-10(2)15(9-13(17)18)12(16)6-5-11-4-3-7-14-8-11/h10-11,14H,3-9H2,1-2H3,(H,17,18). The summed E-state index contributed by atoms with van der Waals surface area (Å²) in [6.45, 7) is 5.56. The number of carboxylic acid groups (broad SMARTS) is 1. The summed E-state index contributed by atoms with van der Waals surface area (Å²) >= 11 is 0. The van der Waals surface area contributed by atoms with Crippen LogP contribution < -0.4 is 5.32 Å².